The minimum absolute atomic E-state index is 0.921. The van der Waals surface area contributed by atoms with Gasteiger partial charge < -0.3 is 4.57 Å². The van der Waals surface area contributed by atoms with Crippen LogP contribution in [0.5, 0.6) is 0 Å². The predicted molar refractivity (Wildman–Crippen MR) is 243 cm³/mol. The lowest BCUT2D eigenvalue weighted by molar-refractivity contribution is 1.13. The van der Waals surface area contributed by atoms with E-state index >= 15 is 0 Å². The van der Waals surface area contributed by atoms with Crippen molar-refractivity contribution in [3.8, 4) is 39.1 Å². The molecule has 0 aliphatic carbocycles. The maximum atomic E-state index is 4.82. The fourth-order valence-electron chi connectivity index (χ4n) is 8.80. The SMILES string of the molecule is C(=C\c1ccc(-n2c3ccccc3c3ccccc32)cn1)/c1ccc(-c2ccc(-c3c4ccccc4c(-c4cccc5ccccc45)c4ccccc34)cc2)cc1. The molecule has 266 valence electrons. The van der Waals surface area contributed by atoms with Gasteiger partial charge in [-0.25, -0.2) is 0 Å². The molecule has 0 spiro atoms. The van der Waals surface area contributed by atoms with Crippen LogP contribution in [-0.2, 0) is 0 Å². The normalized spacial score (nSPS) is 11.8. The average molecular weight is 725 g/mol. The molecule has 0 N–H and O–H groups in total. The smallest absolute Gasteiger partial charge is 0.0645 e. The Bertz CT molecular complexity index is 3200. The molecule has 2 heteroatoms. The third kappa shape index (κ3) is 5.61. The van der Waals surface area contributed by atoms with Gasteiger partial charge in [-0.15, -0.1) is 0 Å². The molecule has 0 amide bonds. The van der Waals surface area contributed by atoms with E-state index in [4.69, 9.17) is 4.98 Å². The highest BCUT2D eigenvalue weighted by atomic mass is 15.0. The first-order valence-electron chi connectivity index (χ1n) is 19.5. The zero-order chi connectivity index (χ0) is 37.7. The van der Waals surface area contributed by atoms with Crippen molar-refractivity contribution < 1.29 is 0 Å². The number of aromatic nitrogens is 2. The zero-order valence-corrected chi connectivity index (χ0v) is 31.2. The van der Waals surface area contributed by atoms with Crippen molar-refractivity contribution in [2.75, 3.05) is 0 Å². The van der Waals surface area contributed by atoms with Gasteiger partial charge in [0, 0.05) is 10.8 Å². The van der Waals surface area contributed by atoms with Gasteiger partial charge in [0.05, 0.1) is 28.6 Å². The zero-order valence-electron chi connectivity index (χ0n) is 31.2. The molecule has 0 radical (unpaired) electrons. The van der Waals surface area contributed by atoms with Crippen LogP contribution in [0.3, 0.4) is 0 Å². The summed E-state index contributed by atoms with van der Waals surface area (Å²) in [7, 11) is 0. The van der Waals surface area contributed by atoms with Crippen LogP contribution in [0, 0.1) is 0 Å². The number of nitrogens with zero attached hydrogens (tertiary/aromatic N) is 2. The minimum Gasteiger partial charge on any atom is -0.308 e. The van der Waals surface area contributed by atoms with Crippen molar-refractivity contribution in [1.29, 1.82) is 0 Å². The van der Waals surface area contributed by atoms with E-state index in [-0.39, 0.29) is 0 Å². The molecule has 11 rings (SSSR count). The highest BCUT2D eigenvalue weighted by Crippen LogP contribution is 2.45. The Hall–Kier alpha value is -7.55. The van der Waals surface area contributed by atoms with Crippen molar-refractivity contribution in [2.45, 2.75) is 0 Å². The summed E-state index contributed by atoms with van der Waals surface area (Å²) in [5.74, 6) is 0. The molecule has 2 nitrogen and oxygen atoms in total. The first kappa shape index (κ1) is 32.8. The van der Waals surface area contributed by atoms with Crippen molar-refractivity contribution in [3.05, 3.63) is 218 Å². The van der Waals surface area contributed by atoms with Gasteiger partial charge in [-0.2, -0.15) is 0 Å². The third-order valence-electron chi connectivity index (χ3n) is 11.5. The maximum absolute atomic E-state index is 4.82. The summed E-state index contributed by atoms with van der Waals surface area (Å²) in [6.07, 6.45) is 6.18. The van der Waals surface area contributed by atoms with Crippen LogP contribution in [0.1, 0.15) is 11.3 Å². The number of para-hydroxylation sites is 2. The number of rotatable bonds is 6. The first-order chi connectivity index (χ1) is 28.3. The minimum atomic E-state index is 0.921. The lowest BCUT2D eigenvalue weighted by Crippen LogP contribution is -1.95. The Labute approximate surface area is 331 Å². The fraction of sp³-hybridized carbons (Fsp3) is 0. The molecule has 0 fully saturated rings. The molecule has 11 aromatic rings. The predicted octanol–water partition coefficient (Wildman–Crippen LogP) is 14.8. The van der Waals surface area contributed by atoms with Crippen LogP contribution in [0.15, 0.2) is 206 Å². The van der Waals surface area contributed by atoms with Crippen molar-refractivity contribution in [2.24, 2.45) is 0 Å². The molecule has 0 atom stereocenters. The molecule has 57 heavy (non-hydrogen) atoms. The molecule has 2 aromatic heterocycles. The number of hydrogen-bond acceptors (Lipinski definition) is 1. The highest BCUT2D eigenvalue weighted by Gasteiger charge is 2.18. The summed E-state index contributed by atoms with van der Waals surface area (Å²) >= 11 is 0. The fourth-order valence-corrected chi connectivity index (χ4v) is 8.80. The van der Waals surface area contributed by atoms with Gasteiger partial charge in [0.2, 0.25) is 0 Å². The van der Waals surface area contributed by atoms with E-state index in [2.05, 4.69) is 217 Å². The second-order valence-corrected chi connectivity index (χ2v) is 14.7. The molecule has 0 unspecified atom stereocenters. The van der Waals surface area contributed by atoms with Crippen molar-refractivity contribution in [1.82, 2.24) is 9.55 Å². The number of fused-ring (bicyclic) bond motifs is 6. The summed E-state index contributed by atoms with van der Waals surface area (Å²) in [4.78, 5) is 4.82. The summed E-state index contributed by atoms with van der Waals surface area (Å²) < 4.78 is 2.30. The van der Waals surface area contributed by atoms with Crippen LogP contribution >= 0.6 is 0 Å². The summed E-state index contributed by atoms with van der Waals surface area (Å²) in [6, 6.07) is 72.4. The largest absolute Gasteiger partial charge is 0.308 e. The Kier molecular flexibility index (Phi) is 7.86. The van der Waals surface area contributed by atoms with Crippen LogP contribution < -0.4 is 0 Å². The van der Waals surface area contributed by atoms with Gasteiger partial charge in [-0.3, -0.25) is 4.98 Å². The first-order valence-corrected chi connectivity index (χ1v) is 19.5. The number of pyridine rings is 1. The molecule has 0 saturated heterocycles. The summed E-state index contributed by atoms with van der Waals surface area (Å²) in [5.41, 5.74) is 12.9. The van der Waals surface area contributed by atoms with E-state index in [0.717, 1.165) is 16.9 Å². The average Bonchev–Trinajstić information content (AvgIpc) is 3.62. The Morgan fingerprint density at radius 2 is 0.842 bits per heavy atom. The molecule has 2 heterocycles. The van der Waals surface area contributed by atoms with E-state index in [0.29, 0.717) is 0 Å². The van der Waals surface area contributed by atoms with E-state index in [1.165, 1.54) is 87.5 Å². The molecule has 0 saturated carbocycles. The van der Waals surface area contributed by atoms with Crippen LogP contribution in [-0.4, -0.2) is 9.55 Å². The van der Waals surface area contributed by atoms with Gasteiger partial charge >= 0.3 is 0 Å². The molecule has 0 aliphatic heterocycles. The van der Waals surface area contributed by atoms with Gasteiger partial charge in [0.25, 0.3) is 0 Å². The molecule has 0 aliphatic rings. The second-order valence-electron chi connectivity index (χ2n) is 14.7. The monoisotopic (exact) mass is 724 g/mol. The Morgan fingerprint density at radius 1 is 0.351 bits per heavy atom. The van der Waals surface area contributed by atoms with Gasteiger partial charge in [-0.05, 0) is 102 Å². The van der Waals surface area contributed by atoms with Crippen molar-refractivity contribution >= 4 is 66.3 Å². The summed E-state index contributed by atoms with van der Waals surface area (Å²) in [5, 5.41) is 10.1. The third-order valence-corrected chi connectivity index (χ3v) is 11.5. The number of benzene rings is 9. The van der Waals surface area contributed by atoms with Gasteiger partial charge in [0.1, 0.15) is 0 Å². The Balaban J connectivity index is 0.883. The molecule has 0 bridgehead atoms. The van der Waals surface area contributed by atoms with Crippen LogP contribution in [0.4, 0.5) is 0 Å². The van der Waals surface area contributed by atoms with Crippen LogP contribution in [0.25, 0.3) is 105 Å². The summed E-state index contributed by atoms with van der Waals surface area (Å²) in [6.45, 7) is 0. The molecular formula is C55H36N2. The lowest BCUT2D eigenvalue weighted by Gasteiger charge is -2.19. The van der Waals surface area contributed by atoms with E-state index in [1.54, 1.807) is 0 Å². The van der Waals surface area contributed by atoms with E-state index in [9.17, 15) is 0 Å². The molecule has 9 aromatic carbocycles. The van der Waals surface area contributed by atoms with Crippen LogP contribution in [0.2, 0.25) is 0 Å². The van der Waals surface area contributed by atoms with Crippen molar-refractivity contribution in [3.63, 3.8) is 0 Å². The second kappa shape index (κ2) is 13.6. The topological polar surface area (TPSA) is 17.8 Å². The quantitative estimate of drug-likeness (QED) is 0.156. The lowest BCUT2D eigenvalue weighted by atomic mass is 9.84. The van der Waals surface area contributed by atoms with E-state index < -0.39 is 0 Å². The number of hydrogen-bond donors (Lipinski definition) is 0. The highest BCUT2D eigenvalue weighted by molar-refractivity contribution is 6.23. The standard InChI is InChI=1S/C55H36N2/c1-2-14-44-40(12-1)13-11-21-47(44)55-50-19-5-3-17-48(50)54(49-18-4-6-20-51(49)55)41-31-29-39(30-32-41)38-27-24-37(25-28-38)26-33-42-34-35-43(36-56-42)57-52-22-9-7-15-45(52)46-16-8-10-23-53(46)57/h1-36H/b33-26+. The van der Waals surface area contributed by atoms with E-state index in [1.807, 2.05) is 6.20 Å². The Morgan fingerprint density at radius 3 is 1.44 bits per heavy atom. The van der Waals surface area contributed by atoms with Gasteiger partial charge in [-0.1, -0.05) is 182 Å². The molecular weight excluding hydrogens is 689 g/mol. The maximum Gasteiger partial charge on any atom is 0.0645 e. The van der Waals surface area contributed by atoms with Gasteiger partial charge in [0.15, 0.2) is 0 Å².